The van der Waals surface area contributed by atoms with Crippen molar-refractivity contribution in [3.8, 4) is 0 Å². The highest BCUT2D eigenvalue weighted by Gasteiger charge is 2.50. The van der Waals surface area contributed by atoms with Crippen molar-refractivity contribution in [2.75, 3.05) is 26.3 Å². The summed E-state index contributed by atoms with van der Waals surface area (Å²) in [7, 11) is 0. The van der Waals surface area contributed by atoms with Crippen molar-refractivity contribution in [3.63, 3.8) is 0 Å². The van der Waals surface area contributed by atoms with Gasteiger partial charge in [0.2, 0.25) is 0 Å². The van der Waals surface area contributed by atoms with Crippen LogP contribution in [0.4, 0.5) is 4.39 Å². The van der Waals surface area contributed by atoms with Crippen molar-refractivity contribution in [2.24, 2.45) is 5.41 Å². The molecule has 0 radical (unpaired) electrons. The Morgan fingerprint density at radius 3 is 2.65 bits per heavy atom. The first-order chi connectivity index (χ1) is 8.10. The van der Waals surface area contributed by atoms with Gasteiger partial charge in [-0.05, 0) is 34.1 Å². The average Bonchev–Trinajstić information content (AvgIpc) is 2.17. The van der Waals surface area contributed by atoms with Crippen LogP contribution in [0.3, 0.4) is 0 Å². The van der Waals surface area contributed by atoms with Crippen LogP contribution in [0.15, 0.2) is 22.7 Å². The van der Waals surface area contributed by atoms with E-state index in [1.165, 1.54) is 6.07 Å². The molecule has 1 aromatic carbocycles. The van der Waals surface area contributed by atoms with Crippen LogP contribution in [0.1, 0.15) is 10.4 Å². The van der Waals surface area contributed by atoms with Crippen LogP contribution in [0.25, 0.3) is 0 Å². The van der Waals surface area contributed by atoms with Crippen LogP contribution >= 0.6 is 15.9 Å². The predicted octanol–water partition coefficient (Wildman–Crippen LogP) is 2.06. The summed E-state index contributed by atoms with van der Waals surface area (Å²) in [5.41, 5.74) is 0.601. The second-order valence-electron chi connectivity index (χ2n) is 4.78. The highest BCUT2D eigenvalue weighted by atomic mass is 79.9. The molecule has 0 atom stereocenters. The van der Waals surface area contributed by atoms with Gasteiger partial charge in [-0.25, -0.2) is 4.39 Å². The zero-order valence-electron chi connectivity index (χ0n) is 9.08. The van der Waals surface area contributed by atoms with Crippen molar-refractivity contribution < 1.29 is 13.9 Å². The maximum absolute atomic E-state index is 13.3. The Morgan fingerprint density at radius 1 is 1.41 bits per heavy atom. The summed E-state index contributed by atoms with van der Waals surface area (Å²) >= 11 is 3.07. The first-order valence-corrected chi connectivity index (χ1v) is 6.21. The highest BCUT2D eigenvalue weighted by Crippen LogP contribution is 2.38. The maximum atomic E-state index is 13.3. The molecule has 5 heteroatoms. The largest absolute Gasteiger partial charge is 0.380 e. The minimum atomic E-state index is -0.405. The van der Waals surface area contributed by atoms with E-state index in [9.17, 15) is 9.18 Å². The molecule has 0 bridgehead atoms. The lowest BCUT2D eigenvalue weighted by molar-refractivity contribution is -0.176. The number of benzene rings is 1. The van der Waals surface area contributed by atoms with E-state index in [-0.39, 0.29) is 11.3 Å². The summed E-state index contributed by atoms with van der Waals surface area (Å²) in [6, 6.07) is 4.47. The van der Waals surface area contributed by atoms with E-state index >= 15 is 0 Å². The van der Waals surface area contributed by atoms with Gasteiger partial charge in [-0.1, -0.05) is 0 Å². The van der Waals surface area contributed by atoms with Gasteiger partial charge in [-0.3, -0.25) is 4.79 Å². The molecule has 90 valence electrons. The number of carbonyl (C=O) groups excluding carboxylic acids is 1. The third kappa shape index (κ3) is 1.77. The van der Waals surface area contributed by atoms with Gasteiger partial charge in [0.1, 0.15) is 5.82 Å². The van der Waals surface area contributed by atoms with E-state index in [4.69, 9.17) is 4.74 Å². The first kappa shape index (κ1) is 11.2. The summed E-state index contributed by atoms with van der Waals surface area (Å²) in [5.74, 6) is -0.507. The Bertz CT molecular complexity index is 479. The van der Waals surface area contributed by atoms with Crippen LogP contribution in [0, 0.1) is 11.2 Å². The Labute approximate surface area is 107 Å². The number of nitrogens with zero attached hydrogens (tertiary/aromatic N) is 1. The van der Waals surface area contributed by atoms with Gasteiger partial charge in [0.05, 0.1) is 23.1 Å². The van der Waals surface area contributed by atoms with Crippen LogP contribution in [-0.4, -0.2) is 37.1 Å². The quantitative estimate of drug-likeness (QED) is 0.794. The van der Waals surface area contributed by atoms with Crippen molar-refractivity contribution in [1.29, 1.82) is 0 Å². The molecule has 1 spiro atoms. The Kier molecular flexibility index (Phi) is 2.48. The minimum Gasteiger partial charge on any atom is -0.380 e. The van der Waals surface area contributed by atoms with Gasteiger partial charge in [0, 0.05) is 18.7 Å². The average molecular weight is 300 g/mol. The zero-order valence-corrected chi connectivity index (χ0v) is 10.7. The molecule has 2 aliphatic heterocycles. The van der Waals surface area contributed by atoms with Gasteiger partial charge < -0.3 is 9.64 Å². The van der Waals surface area contributed by atoms with E-state index in [1.807, 2.05) is 0 Å². The van der Waals surface area contributed by atoms with E-state index in [0.29, 0.717) is 10.0 Å². The molecule has 0 N–H and O–H groups in total. The molecule has 0 saturated carbocycles. The number of hydrogen-bond donors (Lipinski definition) is 0. The minimum absolute atomic E-state index is 0.103. The second-order valence-corrected chi connectivity index (χ2v) is 5.64. The van der Waals surface area contributed by atoms with Crippen LogP contribution in [0.2, 0.25) is 0 Å². The lowest BCUT2D eigenvalue weighted by Gasteiger charge is -2.54. The van der Waals surface area contributed by atoms with Crippen molar-refractivity contribution in [2.45, 2.75) is 0 Å². The molecule has 2 heterocycles. The van der Waals surface area contributed by atoms with Crippen molar-refractivity contribution in [1.82, 2.24) is 4.90 Å². The third-order valence-corrected chi connectivity index (χ3v) is 3.97. The third-order valence-electron chi connectivity index (χ3n) is 3.32. The van der Waals surface area contributed by atoms with Crippen LogP contribution in [-0.2, 0) is 4.74 Å². The highest BCUT2D eigenvalue weighted by molar-refractivity contribution is 9.10. The maximum Gasteiger partial charge on any atom is 0.254 e. The SMILES string of the molecule is O=C(c1ccc(Br)c(F)c1)N1CC2(COC2)C1. The zero-order chi connectivity index (χ0) is 12.0. The number of likely N-dealkylation sites (tertiary alicyclic amines) is 1. The van der Waals surface area contributed by atoms with E-state index in [1.54, 1.807) is 17.0 Å². The van der Waals surface area contributed by atoms with Crippen molar-refractivity contribution in [3.05, 3.63) is 34.1 Å². The van der Waals surface area contributed by atoms with E-state index in [0.717, 1.165) is 26.3 Å². The fraction of sp³-hybridized carbons (Fsp3) is 0.417. The van der Waals surface area contributed by atoms with Crippen molar-refractivity contribution >= 4 is 21.8 Å². The summed E-state index contributed by atoms with van der Waals surface area (Å²) in [6.07, 6.45) is 0. The Balaban J connectivity index is 1.72. The summed E-state index contributed by atoms with van der Waals surface area (Å²) in [4.78, 5) is 13.8. The molecule has 17 heavy (non-hydrogen) atoms. The molecule has 0 aromatic heterocycles. The monoisotopic (exact) mass is 299 g/mol. The molecule has 0 unspecified atom stereocenters. The predicted molar refractivity (Wildman–Crippen MR) is 63.3 cm³/mol. The van der Waals surface area contributed by atoms with Gasteiger partial charge in [-0.2, -0.15) is 0 Å². The number of carbonyl (C=O) groups is 1. The van der Waals surface area contributed by atoms with E-state index in [2.05, 4.69) is 15.9 Å². The van der Waals surface area contributed by atoms with Gasteiger partial charge in [-0.15, -0.1) is 0 Å². The van der Waals surface area contributed by atoms with Gasteiger partial charge in [0.15, 0.2) is 0 Å². The molecule has 3 nitrogen and oxygen atoms in total. The fourth-order valence-electron chi connectivity index (χ4n) is 2.29. The summed E-state index contributed by atoms with van der Waals surface area (Å²) in [6.45, 7) is 2.93. The summed E-state index contributed by atoms with van der Waals surface area (Å²) < 4.78 is 18.8. The molecule has 2 fully saturated rings. The molecule has 2 saturated heterocycles. The molecule has 3 rings (SSSR count). The Hall–Kier alpha value is -0.940. The topological polar surface area (TPSA) is 29.5 Å². The molecule has 2 aliphatic rings. The summed E-state index contributed by atoms with van der Waals surface area (Å²) in [5, 5.41) is 0. The molecule has 1 amide bonds. The Morgan fingerprint density at radius 2 is 2.12 bits per heavy atom. The second kappa shape index (κ2) is 3.78. The fourth-order valence-corrected chi connectivity index (χ4v) is 2.54. The number of amides is 1. The normalized spacial score (nSPS) is 20.9. The van der Waals surface area contributed by atoms with E-state index < -0.39 is 5.82 Å². The lowest BCUT2D eigenvalue weighted by atomic mass is 9.78. The standard InChI is InChI=1S/C12H11BrFNO2/c13-9-2-1-8(3-10(9)14)11(16)15-4-12(5-15)6-17-7-12/h1-3H,4-7H2. The molecule has 1 aromatic rings. The molecular formula is C12H11BrFNO2. The smallest absolute Gasteiger partial charge is 0.254 e. The van der Waals surface area contributed by atoms with Gasteiger partial charge >= 0.3 is 0 Å². The number of rotatable bonds is 1. The number of halogens is 2. The molecule has 0 aliphatic carbocycles. The van der Waals surface area contributed by atoms with Crippen LogP contribution < -0.4 is 0 Å². The van der Waals surface area contributed by atoms with Crippen LogP contribution in [0.5, 0.6) is 0 Å². The number of hydrogen-bond acceptors (Lipinski definition) is 2. The number of ether oxygens (including phenoxy) is 1. The van der Waals surface area contributed by atoms with Gasteiger partial charge in [0.25, 0.3) is 5.91 Å². The molecular weight excluding hydrogens is 289 g/mol. The first-order valence-electron chi connectivity index (χ1n) is 5.42. The lowest BCUT2D eigenvalue weighted by Crippen LogP contribution is -2.67.